The molecule has 1 amide bonds. The Labute approximate surface area is 196 Å². The van der Waals surface area contributed by atoms with Gasteiger partial charge in [-0.05, 0) is 43.4 Å². The summed E-state index contributed by atoms with van der Waals surface area (Å²) in [5, 5.41) is 26.9. The SMILES string of the molecule is C/C(=N\NC(=S)Nc1ccc2c(c1)OCC(=O)N2)c1[nH]nc(-c2ccc(C(F)(F)F)cc2)c1O. The minimum atomic E-state index is -4.46. The molecule has 34 heavy (non-hydrogen) atoms. The summed E-state index contributed by atoms with van der Waals surface area (Å²) < 4.78 is 43.6. The average Bonchev–Trinajstić information content (AvgIpc) is 3.18. The van der Waals surface area contributed by atoms with Crippen LogP contribution in [0.4, 0.5) is 24.5 Å². The van der Waals surface area contributed by atoms with Gasteiger partial charge >= 0.3 is 6.18 Å². The summed E-state index contributed by atoms with van der Waals surface area (Å²) in [6.07, 6.45) is -4.46. The molecule has 2 aromatic carbocycles. The lowest BCUT2D eigenvalue weighted by Crippen LogP contribution is -2.26. The molecular formula is C21H17F3N6O3S. The lowest BCUT2D eigenvalue weighted by Gasteiger charge is -2.18. The molecule has 1 aromatic heterocycles. The Balaban J connectivity index is 1.42. The van der Waals surface area contributed by atoms with Crippen LogP contribution >= 0.6 is 12.2 Å². The quantitative estimate of drug-likeness (QED) is 0.214. The fourth-order valence-corrected chi connectivity index (χ4v) is 3.27. The molecular weight excluding hydrogens is 473 g/mol. The summed E-state index contributed by atoms with van der Waals surface area (Å²) in [7, 11) is 0. The summed E-state index contributed by atoms with van der Waals surface area (Å²) in [4.78, 5) is 11.3. The maximum atomic E-state index is 12.8. The zero-order valence-electron chi connectivity index (χ0n) is 17.4. The highest BCUT2D eigenvalue weighted by Crippen LogP contribution is 2.34. The van der Waals surface area contributed by atoms with E-state index in [1.165, 1.54) is 12.1 Å². The fraction of sp³-hybridized carbons (Fsp3) is 0.143. The average molecular weight is 490 g/mol. The van der Waals surface area contributed by atoms with Crippen molar-refractivity contribution in [2.24, 2.45) is 5.10 Å². The van der Waals surface area contributed by atoms with Gasteiger partial charge in [-0.25, -0.2) is 0 Å². The fourth-order valence-electron chi connectivity index (χ4n) is 3.11. The topological polar surface area (TPSA) is 124 Å². The minimum Gasteiger partial charge on any atom is -0.504 e. The monoisotopic (exact) mass is 490 g/mol. The summed E-state index contributed by atoms with van der Waals surface area (Å²) >= 11 is 5.21. The lowest BCUT2D eigenvalue weighted by atomic mass is 10.1. The zero-order chi connectivity index (χ0) is 24.5. The highest BCUT2D eigenvalue weighted by atomic mass is 32.1. The van der Waals surface area contributed by atoms with Crippen molar-refractivity contribution < 1.29 is 27.8 Å². The largest absolute Gasteiger partial charge is 0.504 e. The summed E-state index contributed by atoms with van der Waals surface area (Å²) in [6.45, 7) is 1.50. The van der Waals surface area contributed by atoms with Crippen molar-refractivity contribution in [3.8, 4) is 22.8 Å². The van der Waals surface area contributed by atoms with Gasteiger partial charge in [-0.2, -0.15) is 23.4 Å². The number of carbonyl (C=O) groups excluding carboxylic acids is 1. The molecule has 5 N–H and O–H groups in total. The maximum absolute atomic E-state index is 12.8. The number of fused-ring (bicyclic) bond motifs is 1. The Morgan fingerprint density at radius 1 is 1.24 bits per heavy atom. The molecule has 0 saturated heterocycles. The molecule has 13 heteroatoms. The first-order valence-corrected chi connectivity index (χ1v) is 10.2. The second-order valence-corrected chi connectivity index (χ2v) is 7.59. The number of anilines is 2. The molecule has 1 aliphatic rings. The van der Waals surface area contributed by atoms with Crippen LogP contribution in [0.3, 0.4) is 0 Å². The number of benzene rings is 2. The number of ether oxygens (including phenoxy) is 1. The van der Waals surface area contributed by atoms with Crippen LogP contribution in [0.15, 0.2) is 47.6 Å². The number of amides is 1. The van der Waals surface area contributed by atoms with Gasteiger partial charge in [0.1, 0.15) is 17.1 Å². The van der Waals surface area contributed by atoms with E-state index in [0.29, 0.717) is 28.4 Å². The van der Waals surface area contributed by atoms with Crippen molar-refractivity contribution in [3.63, 3.8) is 0 Å². The first kappa shape index (κ1) is 23.0. The van der Waals surface area contributed by atoms with Crippen LogP contribution in [0.25, 0.3) is 11.3 Å². The maximum Gasteiger partial charge on any atom is 0.416 e. The first-order chi connectivity index (χ1) is 16.1. The summed E-state index contributed by atoms with van der Waals surface area (Å²) in [5.74, 6) is -0.0143. The van der Waals surface area contributed by atoms with Crippen LogP contribution in [0, 0.1) is 0 Å². The highest BCUT2D eigenvalue weighted by Gasteiger charge is 2.30. The Morgan fingerprint density at radius 3 is 2.68 bits per heavy atom. The van der Waals surface area contributed by atoms with E-state index >= 15 is 0 Å². The van der Waals surface area contributed by atoms with E-state index in [1.807, 2.05) is 0 Å². The predicted octanol–water partition coefficient (Wildman–Crippen LogP) is 3.84. The second-order valence-electron chi connectivity index (χ2n) is 7.18. The van der Waals surface area contributed by atoms with Gasteiger partial charge in [-0.3, -0.25) is 15.3 Å². The molecule has 0 radical (unpaired) electrons. The number of halogens is 3. The van der Waals surface area contributed by atoms with Crippen molar-refractivity contribution in [2.45, 2.75) is 13.1 Å². The number of aromatic nitrogens is 2. The number of rotatable bonds is 4. The third-order valence-electron chi connectivity index (χ3n) is 4.79. The van der Waals surface area contributed by atoms with Gasteiger partial charge in [0.15, 0.2) is 17.5 Å². The number of hydrogen-bond acceptors (Lipinski definition) is 6. The molecule has 0 unspecified atom stereocenters. The van der Waals surface area contributed by atoms with Crippen molar-refractivity contribution in [1.29, 1.82) is 0 Å². The van der Waals surface area contributed by atoms with E-state index < -0.39 is 11.7 Å². The number of carbonyl (C=O) groups is 1. The Kier molecular flexibility index (Phi) is 6.11. The smallest absolute Gasteiger partial charge is 0.416 e. The van der Waals surface area contributed by atoms with E-state index in [4.69, 9.17) is 17.0 Å². The van der Waals surface area contributed by atoms with Gasteiger partial charge in [0.2, 0.25) is 0 Å². The molecule has 2 heterocycles. The van der Waals surface area contributed by atoms with E-state index in [-0.39, 0.29) is 34.8 Å². The number of aromatic amines is 1. The van der Waals surface area contributed by atoms with E-state index in [1.54, 1.807) is 25.1 Å². The summed E-state index contributed by atoms with van der Waals surface area (Å²) in [5.41, 5.74) is 3.82. The number of hydrogen-bond donors (Lipinski definition) is 5. The number of aromatic hydroxyl groups is 1. The van der Waals surface area contributed by atoms with Crippen molar-refractivity contribution in [1.82, 2.24) is 15.6 Å². The van der Waals surface area contributed by atoms with Crippen molar-refractivity contribution in [2.75, 3.05) is 17.2 Å². The van der Waals surface area contributed by atoms with Gasteiger partial charge in [0.25, 0.3) is 5.91 Å². The van der Waals surface area contributed by atoms with Gasteiger partial charge in [-0.1, -0.05) is 12.1 Å². The number of nitrogens with zero attached hydrogens (tertiary/aromatic N) is 2. The number of alkyl halides is 3. The van der Waals surface area contributed by atoms with Crippen LogP contribution in [-0.2, 0) is 11.0 Å². The summed E-state index contributed by atoms with van der Waals surface area (Å²) in [6, 6.07) is 9.29. The van der Waals surface area contributed by atoms with Crippen LogP contribution in [0.5, 0.6) is 11.5 Å². The molecule has 0 atom stereocenters. The van der Waals surface area contributed by atoms with Crippen LogP contribution < -0.4 is 20.8 Å². The molecule has 4 rings (SSSR count). The Morgan fingerprint density at radius 2 is 1.97 bits per heavy atom. The predicted molar refractivity (Wildman–Crippen MR) is 123 cm³/mol. The lowest BCUT2D eigenvalue weighted by molar-refractivity contribution is -0.137. The highest BCUT2D eigenvalue weighted by molar-refractivity contribution is 7.80. The second kappa shape index (κ2) is 9.02. The Bertz CT molecular complexity index is 1290. The van der Waals surface area contributed by atoms with Gasteiger partial charge < -0.3 is 20.5 Å². The molecule has 0 bridgehead atoms. The van der Waals surface area contributed by atoms with Gasteiger partial charge in [-0.15, -0.1) is 0 Å². The third kappa shape index (κ3) is 4.93. The molecule has 9 nitrogen and oxygen atoms in total. The van der Waals surface area contributed by atoms with Crippen molar-refractivity contribution >= 4 is 40.3 Å². The standard InChI is InChI=1S/C21H17F3N6O3S/c1-10(17-19(32)18(29-28-17)11-2-4-12(5-3-11)21(22,23)24)27-30-20(34)25-13-6-7-14-15(8-13)33-9-16(31)26-14/h2-8,32H,9H2,1H3,(H,26,31)(H,28,29)(H2,25,30,34)/b27-10+. The Hall–Kier alpha value is -4.13. The molecule has 0 fully saturated rings. The molecule has 1 aliphatic heterocycles. The number of hydrazone groups is 1. The number of nitrogens with one attached hydrogen (secondary N) is 4. The molecule has 0 saturated carbocycles. The molecule has 0 spiro atoms. The number of thiocarbonyl (C=S) groups is 1. The molecule has 176 valence electrons. The van der Waals surface area contributed by atoms with Crippen LogP contribution in [0.1, 0.15) is 18.2 Å². The first-order valence-electron chi connectivity index (χ1n) is 9.75. The van der Waals surface area contributed by atoms with Gasteiger partial charge in [0, 0.05) is 17.3 Å². The van der Waals surface area contributed by atoms with Crippen LogP contribution in [0.2, 0.25) is 0 Å². The third-order valence-corrected chi connectivity index (χ3v) is 4.98. The normalized spacial score (nSPS) is 13.5. The van der Waals surface area contributed by atoms with Crippen molar-refractivity contribution in [3.05, 3.63) is 53.7 Å². The molecule has 3 aromatic rings. The molecule has 0 aliphatic carbocycles. The van der Waals surface area contributed by atoms with E-state index in [9.17, 15) is 23.1 Å². The van der Waals surface area contributed by atoms with Crippen LogP contribution in [-0.4, -0.2) is 38.6 Å². The van der Waals surface area contributed by atoms with Gasteiger partial charge in [0.05, 0.1) is 17.0 Å². The van der Waals surface area contributed by atoms with E-state index in [0.717, 1.165) is 12.1 Å². The minimum absolute atomic E-state index is 0.0786. The van der Waals surface area contributed by atoms with E-state index in [2.05, 4.69) is 31.4 Å². The number of H-pyrrole nitrogens is 1. The zero-order valence-corrected chi connectivity index (χ0v) is 18.3.